The van der Waals surface area contributed by atoms with Crippen LogP contribution in [0.2, 0.25) is 0 Å². The Morgan fingerprint density at radius 2 is 2.26 bits per heavy atom. The number of carbonyl (C=O) groups is 1. The minimum atomic E-state index is -0.185. The van der Waals surface area contributed by atoms with Gasteiger partial charge in [-0.05, 0) is 18.8 Å². The van der Waals surface area contributed by atoms with Crippen molar-refractivity contribution in [3.8, 4) is 0 Å². The van der Waals surface area contributed by atoms with E-state index >= 15 is 0 Å². The molecular formula is C13H24N4O2. The van der Waals surface area contributed by atoms with E-state index in [1.807, 2.05) is 27.1 Å². The van der Waals surface area contributed by atoms with Gasteiger partial charge in [-0.2, -0.15) is 5.10 Å². The van der Waals surface area contributed by atoms with Gasteiger partial charge in [0, 0.05) is 38.5 Å². The molecule has 0 saturated heterocycles. The summed E-state index contributed by atoms with van der Waals surface area (Å²) in [4.78, 5) is 11.6. The van der Waals surface area contributed by atoms with Crippen molar-refractivity contribution >= 4 is 6.03 Å². The largest absolute Gasteiger partial charge is 0.396 e. The Bertz CT molecular complexity index is 403. The number of nitrogens with zero attached hydrogens (tertiary/aromatic N) is 2. The van der Waals surface area contributed by atoms with Crippen LogP contribution in [0.5, 0.6) is 0 Å². The lowest BCUT2D eigenvalue weighted by atomic mass is 10.1. The smallest absolute Gasteiger partial charge is 0.315 e. The highest BCUT2D eigenvalue weighted by Crippen LogP contribution is 2.06. The molecule has 1 rings (SSSR count). The number of hydrogen-bond donors (Lipinski definition) is 3. The molecule has 1 aromatic heterocycles. The number of aromatic nitrogens is 2. The van der Waals surface area contributed by atoms with Crippen LogP contribution in [-0.2, 0) is 20.0 Å². The average molecular weight is 268 g/mol. The van der Waals surface area contributed by atoms with Crippen LogP contribution in [0.4, 0.5) is 4.79 Å². The van der Waals surface area contributed by atoms with Gasteiger partial charge in [-0.1, -0.05) is 13.8 Å². The molecular weight excluding hydrogens is 244 g/mol. The highest BCUT2D eigenvalue weighted by molar-refractivity contribution is 5.73. The highest BCUT2D eigenvalue weighted by atomic mass is 16.3. The molecule has 0 aliphatic carbocycles. The number of nitrogens with one attached hydrogen (secondary N) is 2. The molecule has 1 aromatic rings. The highest BCUT2D eigenvalue weighted by Gasteiger charge is 2.08. The van der Waals surface area contributed by atoms with E-state index in [4.69, 9.17) is 5.11 Å². The fraction of sp³-hybridized carbons (Fsp3) is 0.692. The number of rotatable bonds is 7. The average Bonchev–Trinajstić information content (AvgIpc) is 2.74. The molecule has 0 fully saturated rings. The van der Waals surface area contributed by atoms with Crippen LogP contribution in [0.3, 0.4) is 0 Å². The van der Waals surface area contributed by atoms with Gasteiger partial charge < -0.3 is 15.7 Å². The SMILES string of the molecule is CCc1nn(C)cc1CNC(=O)NCC(C)CCO. The van der Waals surface area contributed by atoms with Gasteiger partial charge in [-0.15, -0.1) is 0 Å². The van der Waals surface area contributed by atoms with Crippen molar-refractivity contribution < 1.29 is 9.90 Å². The van der Waals surface area contributed by atoms with Crippen LogP contribution < -0.4 is 10.6 Å². The Balaban J connectivity index is 2.33. The normalized spacial score (nSPS) is 12.2. The lowest BCUT2D eigenvalue weighted by molar-refractivity contribution is 0.233. The number of carbonyl (C=O) groups excluding carboxylic acids is 1. The number of aliphatic hydroxyl groups excluding tert-OH is 1. The Labute approximate surface area is 114 Å². The van der Waals surface area contributed by atoms with E-state index in [0.29, 0.717) is 19.5 Å². The Kier molecular flexibility index (Phi) is 6.35. The third-order valence-electron chi connectivity index (χ3n) is 3.00. The predicted molar refractivity (Wildman–Crippen MR) is 73.7 cm³/mol. The van der Waals surface area contributed by atoms with E-state index in [1.165, 1.54) is 0 Å². The van der Waals surface area contributed by atoms with E-state index < -0.39 is 0 Å². The van der Waals surface area contributed by atoms with Gasteiger partial charge >= 0.3 is 6.03 Å². The fourth-order valence-electron chi connectivity index (χ4n) is 1.86. The first kappa shape index (κ1) is 15.5. The molecule has 0 radical (unpaired) electrons. The maximum Gasteiger partial charge on any atom is 0.315 e. The summed E-state index contributed by atoms with van der Waals surface area (Å²) in [5.74, 6) is 0.278. The summed E-state index contributed by atoms with van der Waals surface area (Å²) in [6.45, 7) is 5.24. The molecule has 0 aliphatic heterocycles. The molecule has 0 bridgehead atoms. The van der Waals surface area contributed by atoms with Crippen molar-refractivity contribution in [1.29, 1.82) is 0 Å². The minimum absolute atomic E-state index is 0.153. The molecule has 0 aliphatic rings. The van der Waals surface area contributed by atoms with Crippen LogP contribution in [0, 0.1) is 5.92 Å². The predicted octanol–water partition coefficient (Wildman–Crippen LogP) is 0.800. The standard InChI is InChI=1S/C13H24N4O2/c1-4-12-11(9-17(3)16-12)8-15-13(19)14-7-10(2)5-6-18/h9-10,18H,4-8H2,1-3H3,(H2,14,15,19). The first-order chi connectivity index (χ1) is 9.06. The summed E-state index contributed by atoms with van der Waals surface area (Å²) >= 11 is 0. The molecule has 0 aromatic carbocycles. The molecule has 2 amide bonds. The lowest BCUT2D eigenvalue weighted by Gasteiger charge is -2.11. The summed E-state index contributed by atoms with van der Waals surface area (Å²) in [5.41, 5.74) is 2.06. The molecule has 3 N–H and O–H groups in total. The van der Waals surface area contributed by atoms with Gasteiger partial charge in [0.25, 0.3) is 0 Å². The second-order valence-electron chi connectivity index (χ2n) is 4.81. The molecule has 6 nitrogen and oxygen atoms in total. The van der Waals surface area contributed by atoms with Crippen molar-refractivity contribution in [2.45, 2.75) is 33.2 Å². The Hall–Kier alpha value is -1.56. The van der Waals surface area contributed by atoms with Gasteiger partial charge in [-0.3, -0.25) is 4.68 Å². The molecule has 1 heterocycles. The maximum absolute atomic E-state index is 11.6. The monoisotopic (exact) mass is 268 g/mol. The van der Waals surface area contributed by atoms with Crippen LogP contribution >= 0.6 is 0 Å². The summed E-state index contributed by atoms with van der Waals surface area (Å²) < 4.78 is 1.76. The quantitative estimate of drug-likeness (QED) is 0.684. The molecule has 6 heteroatoms. The zero-order valence-corrected chi connectivity index (χ0v) is 11.9. The fourth-order valence-corrected chi connectivity index (χ4v) is 1.86. The van der Waals surface area contributed by atoms with E-state index in [-0.39, 0.29) is 18.6 Å². The number of aliphatic hydroxyl groups is 1. The molecule has 108 valence electrons. The molecule has 1 atom stereocenters. The van der Waals surface area contributed by atoms with Gasteiger partial charge in [0.2, 0.25) is 0 Å². The number of urea groups is 1. The van der Waals surface area contributed by atoms with E-state index in [0.717, 1.165) is 17.7 Å². The molecule has 1 unspecified atom stereocenters. The first-order valence-electron chi connectivity index (χ1n) is 6.70. The summed E-state index contributed by atoms with van der Waals surface area (Å²) in [5, 5.41) is 18.7. The van der Waals surface area contributed by atoms with Gasteiger partial charge in [-0.25, -0.2) is 4.79 Å². The minimum Gasteiger partial charge on any atom is -0.396 e. The Morgan fingerprint density at radius 1 is 1.53 bits per heavy atom. The van der Waals surface area contributed by atoms with Gasteiger partial charge in [0.15, 0.2) is 0 Å². The van der Waals surface area contributed by atoms with Crippen molar-refractivity contribution in [1.82, 2.24) is 20.4 Å². The third kappa shape index (κ3) is 5.30. The zero-order valence-electron chi connectivity index (χ0n) is 11.9. The molecule has 0 spiro atoms. The Morgan fingerprint density at radius 3 is 2.89 bits per heavy atom. The first-order valence-corrected chi connectivity index (χ1v) is 6.70. The van der Waals surface area contributed by atoms with E-state index in [1.54, 1.807) is 4.68 Å². The van der Waals surface area contributed by atoms with Crippen molar-refractivity contribution in [2.24, 2.45) is 13.0 Å². The van der Waals surface area contributed by atoms with Crippen LogP contribution in [0.25, 0.3) is 0 Å². The van der Waals surface area contributed by atoms with Gasteiger partial charge in [0.05, 0.1) is 5.69 Å². The molecule has 0 saturated carbocycles. The van der Waals surface area contributed by atoms with Crippen molar-refractivity contribution in [3.63, 3.8) is 0 Å². The van der Waals surface area contributed by atoms with Gasteiger partial charge in [0.1, 0.15) is 0 Å². The lowest BCUT2D eigenvalue weighted by Crippen LogP contribution is -2.37. The van der Waals surface area contributed by atoms with Crippen LogP contribution in [0.1, 0.15) is 31.5 Å². The van der Waals surface area contributed by atoms with Crippen molar-refractivity contribution in [3.05, 3.63) is 17.5 Å². The summed E-state index contributed by atoms with van der Waals surface area (Å²) in [6.07, 6.45) is 3.48. The van der Waals surface area contributed by atoms with Crippen LogP contribution in [-0.4, -0.2) is 34.1 Å². The second-order valence-corrected chi connectivity index (χ2v) is 4.81. The summed E-state index contributed by atoms with van der Waals surface area (Å²) in [6, 6.07) is -0.185. The number of hydrogen-bond acceptors (Lipinski definition) is 3. The van der Waals surface area contributed by atoms with Crippen LogP contribution in [0.15, 0.2) is 6.20 Å². The second kappa shape index (κ2) is 7.78. The maximum atomic E-state index is 11.6. The summed E-state index contributed by atoms with van der Waals surface area (Å²) in [7, 11) is 1.87. The van der Waals surface area contributed by atoms with E-state index in [9.17, 15) is 4.79 Å². The topological polar surface area (TPSA) is 79.2 Å². The third-order valence-corrected chi connectivity index (χ3v) is 3.00. The number of aryl methyl sites for hydroxylation is 2. The van der Waals surface area contributed by atoms with Crippen molar-refractivity contribution in [2.75, 3.05) is 13.2 Å². The molecule has 19 heavy (non-hydrogen) atoms. The zero-order chi connectivity index (χ0) is 14.3. The van der Waals surface area contributed by atoms with E-state index in [2.05, 4.69) is 15.7 Å². The number of amides is 2.